The number of nitrogens with one attached hydrogen (secondary N) is 1. The van der Waals surface area contributed by atoms with Crippen LogP contribution in [0.15, 0.2) is 12.4 Å². The molecule has 1 aliphatic heterocycles. The van der Waals surface area contributed by atoms with E-state index in [0.717, 1.165) is 25.9 Å². The fraction of sp³-hybridized carbons (Fsp3) is 0.786. The van der Waals surface area contributed by atoms with Crippen LogP contribution in [0.4, 0.5) is 0 Å². The van der Waals surface area contributed by atoms with Gasteiger partial charge < -0.3 is 14.8 Å². The summed E-state index contributed by atoms with van der Waals surface area (Å²) in [5.74, 6) is 0. The monoisotopic (exact) mass is 267 g/mol. The van der Waals surface area contributed by atoms with E-state index in [2.05, 4.69) is 30.5 Å². The molecule has 19 heavy (non-hydrogen) atoms. The third-order valence-corrected chi connectivity index (χ3v) is 3.29. The minimum Gasteiger partial charge on any atom is -0.376 e. The zero-order valence-corrected chi connectivity index (χ0v) is 12.0. The van der Waals surface area contributed by atoms with Crippen LogP contribution in [-0.2, 0) is 16.0 Å². The molecule has 0 radical (unpaired) electrons. The van der Waals surface area contributed by atoms with Gasteiger partial charge in [0.2, 0.25) is 0 Å². The van der Waals surface area contributed by atoms with E-state index >= 15 is 0 Å². The van der Waals surface area contributed by atoms with Gasteiger partial charge in [-0.1, -0.05) is 13.8 Å². The van der Waals surface area contributed by atoms with E-state index in [1.54, 1.807) is 0 Å². The second-order valence-corrected chi connectivity index (χ2v) is 4.95. The minimum atomic E-state index is 0.0829. The summed E-state index contributed by atoms with van der Waals surface area (Å²) >= 11 is 0. The van der Waals surface area contributed by atoms with E-state index in [4.69, 9.17) is 9.47 Å². The molecule has 2 unspecified atom stereocenters. The Hall–Kier alpha value is -0.910. The van der Waals surface area contributed by atoms with Crippen molar-refractivity contribution in [2.24, 2.45) is 0 Å². The molecule has 1 fully saturated rings. The Balaban J connectivity index is 2.05. The van der Waals surface area contributed by atoms with Crippen LogP contribution in [0.25, 0.3) is 0 Å². The van der Waals surface area contributed by atoms with Gasteiger partial charge in [-0.25, -0.2) is 0 Å². The first-order valence-electron chi connectivity index (χ1n) is 7.30. The number of rotatable bonds is 7. The fourth-order valence-electron chi connectivity index (χ4n) is 2.35. The molecule has 0 amide bonds. The van der Waals surface area contributed by atoms with E-state index in [-0.39, 0.29) is 12.1 Å². The molecule has 1 aromatic rings. The molecule has 5 heteroatoms. The molecule has 0 bridgehead atoms. The van der Waals surface area contributed by atoms with Crippen molar-refractivity contribution >= 4 is 0 Å². The van der Waals surface area contributed by atoms with Crippen LogP contribution in [0.5, 0.6) is 0 Å². The molecule has 1 aliphatic rings. The van der Waals surface area contributed by atoms with E-state index in [1.165, 1.54) is 5.56 Å². The standard InChI is InChI=1S/C14H25N3O2/c1-3-5-15-14(13-11-18-7-8-19-13)12-9-16-17(10-12)6-4-2/h9-10,13-15H,3-8,11H2,1-2H3. The van der Waals surface area contributed by atoms with Crippen LogP contribution in [-0.4, -0.2) is 42.2 Å². The Morgan fingerprint density at radius 1 is 1.42 bits per heavy atom. The summed E-state index contributed by atoms with van der Waals surface area (Å²) < 4.78 is 13.4. The largest absolute Gasteiger partial charge is 0.376 e. The zero-order chi connectivity index (χ0) is 13.5. The molecule has 0 aromatic carbocycles. The smallest absolute Gasteiger partial charge is 0.100 e. The van der Waals surface area contributed by atoms with Crippen LogP contribution >= 0.6 is 0 Å². The second kappa shape index (κ2) is 7.62. The third kappa shape index (κ3) is 4.03. The number of ether oxygens (including phenoxy) is 2. The minimum absolute atomic E-state index is 0.0829. The van der Waals surface area contributed by atoms with Crippen LogP contribution in [0, 0.1) is 0 Å². The first-order chi connectivity index (χ1) is 9.35. The first kappa shape index (κ1) is 14.5. The highest BCUT2D eigenvalue weighted by Gasteiger charge is 2.27. The topological polar surface area (TPSA) is 48.3 Å². The van der Waals surface area contributed by atoms with Gasteiger partial charge in [0.1, 0.15) is 6.10 Å². The molecular weight excluding hydrogens is 242 g/mol. The average molecular weight is 267 g/mol. The van der Waals surface area contributed by atoms with Gasteiger partial charge in [0.15, 0.2) is 0 Å². The molecule has 0 saturated carbocycles. The molecule has 108 valence electrons. The zero-order valence-electron chi connectivity index (χ0n) is 12.0. The maximum atomic E-state index is 5.84. The van der Waals surface area contributed by atoms with Crippen molar-refractivity contribution in [1.82, 2.24) is 15.1 Å². The molecule has 1 N–H and O–H groups in total. The van der Waals surface area contributed by atoms with Crippen molar-refractivity contribution in [2.45, 2.75) is 45.4 Å². The highest BCUT2D eigenvalue weighted by Crippen LogP contribution is 2.21. The van der Waals surface area contributed by atoms with Crippen molar-refractivity contribution in [3.8, 4) is 0 Å². The molecular formula is C14H25N3O2. The summed E-state index contributed by atoms with van der Waals surface area (Å²) in [6.07, 6.45) is 6.35. The average Bonchev–Trinajstić information content (AvgIpc) is 2.89. The highest BCUT2D eigenvalue weighted by molar-refractivity contribution is 5.13. The normalized spacial score (nSPS) is 21.5. The van der Waals surface area contributed by atoms with Gasteiger partial charge in [-0.2, -0.15) is 5.10 Å². The van der Waals surface area contributed by atoms with E-state index in [0.29, 0.717) is 19.8 Å². The molecule has 5 nitrogen and oxygen atoms in total. The molecule has 2 atom stereocenters. The Labute approximate surface area is 115 Å². The number of aryl methyl sites for hydroxylation is 1. The van der Waals surface area contributed by atoms with Gasteiger partial charge in [-0.15, -0.1) is 0 Å². The summed E-state index contributed by atoms with van der Waals surface area (Å²) in [6.45, 7) is 8.30. The SMILES string of the molecule is CCCNC(c1cnn(CCC)c1)C1COCCO1. The third-order valence-electron chi connectivity index (χ3n) is 3.29. The van der Waals surface area contributed by atoms with E-state index < -0.39 is 0 Å². The molecule has 2 rings (SSSR count). The quantitative estimate of drug-likeness (QED) is 0.817. The van der Waals surface area contributed by atoms with Crippen molar-refractivity contribution < 1.29 is 9.47 Å². The summed E-state index contributed by atoms with van der Waals surface area (Å²) in [6, 6.07) is 0.172. The Morgan fingerprint density at radius 2 is 2.32 bits per heavy atom. The van der Waals surface area contributed by atoms with Crippen LogP contribution in [0.2, 0.25) is 0 Å². The summed E-state index contributed by atoms with van der Waals surface area (Å²) in [4.78, 5) is 0. The van der Waals surface area contributed by atoms with Crippen LogP contribution in [0.3, 0.4) is 0 Å². The maximum absolute atomic E-state index is 5.84. The second-order valence-electron chi connectivity index (χ2n) is 4.95. The van der Waals surface area contributed by atoms with Gasteiger partial charge in [0.25, 0.3) is 0 Å². The van der Waals surface area contributed by atoms with Crippen molar-refractivity contribution in [3.63, 3.8) is 0 Å². The van der Waals surface area contributed by atoms with Gasteiger partial charge in [-0.3, -0.25) is 4.68 Å². The lowest BCUT2D eigenvalue weighted by Crippen LogP contribution is -2.40. The number of hydrogen-bond donors (Lipinski definition) is 1. The number of aromatic nitrogens is 2. The Morgan fingerprint density at radius 3 is 3.00 bits per heavy atom. The molecule has 0 aliphatic carbocycles. The van der Waals surface area contributed by atoms with Crippen molar-refractivity contribution in [3.05, 3.63) is 18.0 Å². The van der Waals surface area contributed by atoms with Gasteiger partial charge >= 0.3 is 0 Å². The maximum Gasteiger partial charge on any atom is 0.100 e. The predicted octanol–water partition coefficient (Wildman–Crippen LogP) is 1.75. The van der Waals surface area contributed by atoms with Gasteiger partial charge in [-0.05, 0) is 19.4 Å². The lowest BCUT2D eigenvalue weighted by Gasteiger charge is -2.30. The van der Waals surface area contributed by atoms with Crippen molar-refractivity contribution in [2.75, 3.05) is 26.4 Å². The van der Waals surface area contributed by atoms with E-state index in [1.807, 2.05) is 10.9 Å². The van der Waals surface area contributed by atoms with Crippen LogP contribution < -0.4 is 5.32 Å². The fourth-order valence-corrected chi connectivity index (χ4v) is 2.35. The van der Waals surface area contributed by atoms with Crippen molar-refractivity contribution in [1.29, 1.82) is 0 Å². The van der Waals surface area contributed by atoms with Gasteiger partial charge in [0.05, 0.1) is 32.1 Å². The highest BCUT2D eigenvalue weighted by atomic mass is 16.6. The lowest BCUT2D eigenvalue weighted by molar-refractivity contribution is -0.102. The number of nitrogens with zero attached hydrogens (tertiary/aromatic N) is 2. The molecule has 2 heterocycles. The van der Waals surface area contributed by atoms with E-state index in [9.17, 15) is 0 Å². The van der Waals surface area contributed by atoms with Gasteiger partial charge in [0, 0.05) is 18.3 Å². The summed E-state index contributed by atoms with van der Waals surface area (Å²) in [7, 11) is 0. The molecule has 1 aromatic heterocycles. The summed E-state index contributed by atoms with van der Waals surface area (Å²) in [5, 5.41) is 7.96. The summed E-state index contributed by atoms with van der Waals surface area (Å²) in [5.41, 5.74) is 1.19. The Bertz CT molecular complexity index is 361. The lowest BCUT2D eigenvalue weighted by atomic mass is 10.0. The Kier molecular flexibility index (Phi) is 5.82. The number of hydrogen-bond acceptors (Lipinski definition) is 4. The predicted molar refractivity (Wildman–Crippen MR) is 74.1 cm³/mol. The molecule has 1 saturated heterocycles. The first-order valence-corrected chi connectivity index (χ1v) is 7.30. The molecule has 0 spiro atoms. The van der Waals surface area contributed by atoms with Crippen LogP contribution in [0.1, 0.15) is 38.3 Å².